The van der Waals surface area contributed by atoms with Crippen molar-refractivity contribution in [1.29, 1.82) is 0 Å². The number of amides is 2. The molecule has 0 saturated carbocycles. The molecule has 0 saturated heterocycles. The number of nitrogens with zero attached hydrogens (tertiary/aromatic N) is 2. The molecule has 2 amide bonds. The Morgan fingerprint density at radius 1 is 0.805 bits per heavy atom. The normalized spacial score (nSPS) is 6.41. The van der Waals surface area contributed by atoms with E-state index in [4.69, 9.17) is 32.6 Å². The minimum atomic E-state index is -0.948. The van der Waals surface area contributed by atoms with Crippen LogP contribution in [0.1, 0.15) is 13.8 Å². The van der Waals surface area contributed by atoms with Crippen molar-refractivity contribution in [3.63, 3.8) is 0 Å². The minimum absolute atomic E-state index is 0. The molecule has 0 fully saturated rings. The fraction of sp³-hybridized carbons (Fsp3) is 0.261. The fourth-order valence-electron chi connectivity index (χ4n) is 1.35. The summed E-state index contributed by atoms with van der Waals surface area (Å²) in [5.41, 5.74) is 0. The third-order valence-corrected chi connectivity index (χ3v) is 3.93. The second-order valence-electron chi connectivity index (χ2n) is 4.44. The van der Waals surface area contributed by atoms with Gasteiger partial charge in [-0.15, -0.1) is 4.32 Å². The van der Waals surface area contributed by atoms with Gasteiger partial charge >= 0.3 is 91.3 Å². The van der Waals surface area contributed by atoms with Gasteiger partial charge in [0.05, 0.1) is 19.6 Å². The molecule has 0 heterocycles. The van der Waals surface area contributed by atoms with Gasteiger partial charge < -0.3 is 39.3 Å². The third-order valence-electron chi connectivity index (χ3n) is 2.41. The number of carbonyl (C=O) groups excluding carboxylic acids is 2. The van der Waals surface area contributed by atoms with Crippen molar-refractivity contribution in [3.05, 3.63) is 76.9 Å². The van der Waals surface area contributed by atoms with Gasteiger partial charge in [-0.25, -0.2) is 0 Å². The van der Waals surface area contributed by atoms with E-state index in [0.29, 0.717) is 4.90 Å². The van der Waals surface area contributed by atoms with Crippen LogP contribution in [0.15, 0.2) is 35.3 Å². The molecule has 41 heavy (non-hydrogen) atoms. The Morgan fingerprint density at radius 3 is 1.29 bits per heavy atom. The Kier molecular flexibility index (Phi) is 116. The van der Waals surface area contributed by atoms with E-state index >= 15 is 0 Å². The van der Waals surface area contributed by atoms with Crippen LogP contribution in [0.2, 0.25) is 0 Å². The first kappa shape index (κ1) is 66.9. The molecule has 0 bridgehead atoms. The molecule has 0 spiro atoms. The first-order valence-electron chi connectivity index (χ1n) is 8.79. The number of carbonyl (C=O) groups is 2. The Hall–Kier alpha value is -2.13. The SMILES string of the molecule is CCOC(=O)N([C-]=NC(=S)[S-])C(=O)OCC.CP(C)c1ccccc1.[C-]#[O+].[C-]#[O+].[C-]#[O+].[C-]#[O+].[C-]#[O+].[C-]#[O+].[C-]#[O+].[Re].[Re]. The number of benzene rings is 1. The smallest absolute Gasteiger partial charge is 0 e. The topological polar surface area (TPSA) is 208 Å². The van der Waals surface area contributed by atoms with Crippen molar-refractivity contribution in [2.24, 2.45) is 4.99 Å². The predicted molar refractivity (Wildman–Crippen MR) is 136 cm³/mol. The number of ether oxygens (including phenoxy) is 2. The van der Waals surface area contributed by atoms with E-state index in [1.807, 2.05) is 0 Å². The molecule has 1 aromatic carbocycles. The van der Waals surface area contributed by atoms with Gasteiger partial charge in [-0.1, -0.05) is 38.3 Å². The molecule has 0 aliphatic rings. The van der Waals surface area contributed by atoms with Crippen LogP contribution in [-0.2, 0) is 95.5 Å². The van der Waals surface area contributed by atoms with Crippen LogP contribution in [0, 0.1) is 46.6 Å². The van der Waals surface area contributed by atoms with Crippen molar-refractivity contribution >= 4 is 60.9 Å². The largest absolute Gasteiger partial charge is 0 e. The molecule has 1 rings (SSSR count). The van der Waals surface area contributed by atoms with Gasteiger partial charge in [0.1, 0.15) is 0 Å². The maximum Gasteiger partial charge on any atom is 0 e. The molecule has 0 N–H and O–H groups in total. The second kappa shape index (κ2) is 71.3. The van der Waals surface area contributed by atoms with Gasteiger partial charge in [-0.3, -0.25) is 14.5 Å². The van der Waals surface area contributed by atoms with Gasteiger partial charge in [0, 0.05) is 40.8 Å². The minimum Gasteiger partial charge on any atom is 0 e. The van der Waals surface area contributed by atoms with Crippen LogP contribution in [0.5, 0.6) is 0 Å². The molecule has 0 aliphatic carbocycles. The first-order chi connectivity index (χ1) is 18.8. The average molecular weight is 969 g/mol. The number of hydrogen-bond donors (Lipinski definition) is 0. The molecule has 18 heteroatoms. The van der Waals surface area contributed by atoms with E-state index in [2.05, 4.69) is 136 Å². The van der Waals surface area contributed by atoms with Gasteiger partial charge in [-0.2, -0.15) is 0 Å². The summed E-state index contributed by atoms with van der Waals surface area (Å²) in [5.74, 6) is 0. The quantitative estimate of drug-likeness (QED) is 0.0647. The second-order valence-corrected chi connectivity index (χ2v) is 7.78. The van der Waals surface area contributed by atoms with Gasteiger partial charge in [0.25, 0.3) is 0 Å². The van der Waals surface area contributed by atoms with Crippen molar-refractivity contribution in [2.45, 2.75) is 13.8 Å². The zero-order valence-electron chi connectivity index (χ0n) is 21.7. The predicted octanol–water partition coefficient (Wildman–Crippen LogP) is 3.12. The standard InChI is InChI=1S/C8H11N2O4S2.C8H11P.7CO.2Re/c1-3-13-7(11)10(5-9-6(15)16)8(12)14-4-2;1-9(2)8-6-4-3-5-7-8;7*1-2;;/h3-4H2,1-2H3,(H,15,16);3-7H,1-2H3;;;;;;;;;/q-1;;;;;;;;;;/p-1. The van der Waals surface area contributed by atoms with Crippen molar-refractivity contribution in [1.82, 2.24) is 4.90 Å². The van der Waals surface area contributed by atoms with E-state index in [-0.39, 0.29) is 66.3 Å². The fourth-order valence-corrected chi connectivity index (χ4v) is 2.20. The Morgan fingerprint density at radius 2 is 1.10 bits per heavy atom. The van der Waals surface area contributed by atoms with E-state index < -0.39 is 12.2 Å². The van der Waals surface area contributed by atoms with Crippen molar-refractivity contribution in [2.75, 3.05) is 26.5 Å². The summed E-state index contributed by atoms with van der Waals surface area (Å²) in [6, 6.07) is 10.6. The Balaban J connectivity index is -0.0000000411. The van der Waals surface area contributed by atoms with Crippen LogP contribution in [0.25, 0.3) is 0 Å². The summed E-state index contributed by atoms with van der Waals surface area (Å²) in [6.07, 6.45) is 0.156. The average Bonchev–Trinajstić information content (AvgIpc) is 3.01. The van der Waals surface area contributed by atoms with Gasteiger partial charge in [0.2, 0.25) is 0 Å². The zero-order valence-corrected chi connectivity index (χ0v) is 29.7. The molecule has 0 aromatic heterocycles. The number of hydrogen-bond acceptors (Lipinski definition) is 6. The molecule has 13 nitrogen and oxygen atoms in total. The molecule has 222 valence electrons. The van der Waals surface area contributed by atoms with Crippen LogP contribution < -0.4 is 5.30 Å². The van der Waals surface area contributed by atoms with E-state index in [0.717, 1.165) is 0 Å². The molecular formula is C23H21N2O11PRe2S2-2. The van der Waals surface area contributed by atoms with Gasteiger partial charge in [0.15, 0.2) is 0 Å². The molecule has 0 atom stereocenters. The maximum atomic E-state index is 11.3. The molecule has 1 aromatic rings. The van der Waals surface area contributed by atoms with Crippen LogP contribution in [-0.4, -0.2) is 54.3 Å². The number of rotatable bonds is 4. The summed E-state index contributed by atoms with van der Waals surface area (Å²) in [7, 11) is 0.104. The third kappa shape index (κ3) is 58.5. The zero-order chi connectivity index (χ0) is 33.2. The molecular weight excluding hydrogens is 948 g/mol. The molecule has 2 radical (unpaired) electrons. The summed E-state index contributed by atoms with van der Waals surface area (Å²) >= 11 is 8.94. The Labute approximate surface area is 279 Å². The van der Waals surface area contributed by atoms with E-state index in [9.17, 15) is 9.59 Å². The summed E-state index contributed by atoms with van der Waals surface area (Å²) in [5, 5.41) is 1.48. The van der Waals surface area contributed by atoms with Crippen molar-refractivity contribution in [3.8, 4) is 0 Å². The Bertz CT molecular complexity index is 815. The number of thiocarbonyl (C=S) groups is 1. The van der Waals surface area contributed by atoms with Crippen molar-refractivity contribution < 1.29 is 92.5 Å². The van der Waals surface area contributed by atoms with Gasteiger partial charge in [-0.05, 0) is 32.5 Å². The van der Waals surface area contributed by atoms with Crippen LogP contribution in [0.3, 0.4) is 0 Å². The monoisotopic (exact) mass is 970 g/mol. The maximum absolute atomic E-state index is 11.3. The number of aliphatic imine (C=N–C) groups is 1. The number of imide groups is 1. The van der Waals surface area contributed by atoms with Crippen LogP contribution >= 0.6 is 20.1 Å². The summed E-state index contributed by atoms with van der Waals surface area (Å²) in [4.78, 5) is 26.3. The first-order valence-corrected chi connectivity index (χ1v) is 11.8. The summed E-state index contributed by atoms with van der Waals surface area (Å²) < 4.78 is 61.5. The summed E-state index contributed by atoms with van der Waals surface area (Å²) in [6.45, 7) is 39.4. The van der Waals surface area contributed by atoms with E-state index in [1.165, 1.54) is 5.30 Å². The van der Waals surface area contributed by atoms with E-state index in [1.54, 1.807) is 13.8 Å². The molecule has 0 unspecified atom stereocenters. The van der Waals surface area contributed by atoms with Crippen LogP contribution in [0.4, 0.5) is 9.59 Å². The molecule has 0 aliphatic heterocycles.